The minimum Gasteiger partial charge on any atom is -0.493 e. The highest BCUT2D eigenvalue weighted by Gasteiger charge is 2.26. The third kappa shape index (κ3) is 12.0. The number of hydrogen-bond donors (Lipinski definition) is 2. The second kappa shape index (κ2) is 16.6. The number of halogens is 3. The molecule has 42 heavy (non-hydrogen) atoms. The average Bonchev–Trinajstić information content (AvgIpc) is 2.98. The molecule has 0 saturated heterocycles. The first kappa shape index (κ1) is 32.8. The predicted molar refractivity (Wildman–Crippen MR) is 161 cm³/mol. The first-order chi connectivity index (χ1) is 20.1. The number of allylic oxidation sites excluding steroid dienone is 4. The quantitative estimate of drug-likeness (QED) is 0.128. The molecule has 0 aromatic heterocycles. The zero-order chi connectivity index (χ0) is 30.4. The summed E-state index contributed by atoms with van der Waals surface area (Å²) in [6, 6.07) is 13.4. The van der Waals surface area contributed by atoms with Crippen molar-refractivity contribution in [2.45, 2.75) is 51.1 Å². The van der Waals surface area contributed by atoms with Gasteiger partial charge in [0.1, 0.15) is 11.5 Å². The molecule has 0 amide bonds. The number of aliphatic hydroxyl groups excluding tert-OH is 2. The van der Waals surface area contributed by atoms with Gasteiger partial charge in [-0.2, -0.15) is 13.2 Å². The van der Waals surface area contributed by atoms with Crippen molar-refractivity contribution in [2.75, 3.05) is 26.4 Å². The fraction of sp³-hybridized carbons (Fsp3) is 0.371. The molecule has 2 N–H and O–H groups in total. The van der Waals surface area contributed by atoms with Gasteiger partial charge < -0.3 is 19.7 Å². The van der Waals surface area contributed by atoms with Crippen LogP contribution in [-0.2, 0) is 0 Å². The van der Waals surface area contributed by atoms with E-state index in [4.69, 9.17) is 19.7 Å². The molecule has 1 aliphatic rings. The van der Waals surface area contributed by atoms with Crippen LogP contribution in [0.5, 0.6) is 11.5 Å². The molecule has 0 radical (unpaired) electrons. The van der Waals surface area contributed by atoms with E-state index in [2.05, 4.69) is 43.2 Å². The van der Waals surface area contributed by atoms with Gasteiger partial charge in [-0.15, -0.1) is 0 Å². The fourth-order valence-corrected chi connectivity index (χ4v) is 4.31. The molecule has 0 spiro atoms. The maximum Gasteiger partial charge on any atom is 0.389 e. The summed E-state index contributed by atoms with van der Waals surface area (Å²) in [5.74, 6) is 7.83. The third-order valence-electron chi connectivity index (χ3n) is 6.82. The maximum atomic E-state index is 12.3. The first-order valence-corrected chi connectivity index (χ1v) is 14.2. The smallest absolute Gasteiger partial charge is 0.389 e. The number of ether oxygens (including phenoxy) is 2. The number of unbranched alkanes of at least 4 members (excludes halogenated alkanes) is 1. The highest BCUT2D eigenvalue weighted by Crippen LogP contribution is 2.29. The Labute approximate surface area is 246 Å². The topological polar surface area (TPSA) is 58.9 Å². The molecule has 2 aromatic carbocycles. The van der Waals surface area contributed by atoms with Crippen LogP contribution in [0, 0.1) is 17.8 Å². The Balaban J connectivity index is 1.62. The van der Waals surface area contributed by atoms with E-state index in [1.165, 1.54) is 0 Å². The fourth-order valence-electron chi connectivity index (χ4n) is 4.31. The van der Waals surface area contributed by atoms with E-state index >= 15 is 0 Å². The van der Waals surface area contributed by atoms with E-state index < -0.39 is 12.6 Å². The molecule has 1 atom stereocenters. The molecule has 0 aliphatic heterocycles. The lowest BCUT2D eigenvalue weighted by molar-refractivity contribution is -0.135. The maximum absolute atomic E-state index is 12.3. The van der Waals surface area contributed by atoms with Gasteiger partial charge in [0.15, 0.2) is 0 Å². The molecule has 4 nitrogen and oxygen atoms in total. The molecule has 0 saturated carbocycles. The molecular weight excluding hydrogens is 541 g/mol. The summed E-state index contributed by atoms with van der Waals surface area (Å²) in [5, 5.41) is 18.3. The van der Waals surface area contributed by atoms with Gasteiger partial charge in [0.2, 0.25) is 0 Å². The second-order valence-electron chi connectivity index (χ2n) is 10.4. The summed E-state index contributed by atoms with van der Waals surface area (Å²) in [7, 11) is 0. The summed E-state index contributed by atoms with van der Waals surface area (Å²) in [5.41, 5.74) is 5.09. The Bertz CT molecular complexity index is 1270. The molecule has 1 unspecified atom stereocenters. The van der Waals surface area contributed by atoms with E-state index in [1.54, 1.807) is 6.07 Å². The van der Waals surface area contributed by atoms with Crippen molar-refractivity contribution in [1.82, 2.24) is 0 Å². The van der Waals surface area contributed by atoms with Crippen molar-refractivity contribution in [3.63, 3.8) is 0 Å². The Hall–Kier alpha value is -3.73. The van der Waals surface area contributed by atoms with Crippen molar-refractivity contribution >= 4 is 5.57 Å². The standard InChI is InChI=1S/C35H39F3O4/c1-26(24-39)16-19-41-33-21-30(22-34(23-33)42-20-17-27(2)25-40)7-6-29-10-14-32(15-11-29)31-12-8-28(9-13-31)5-3-4-18-35(36,37)38/h8,10-15,21-23,28,39-40H,1-5,9,16-20,24-25H2. The molecule has 0 bridgehead atoms. The molecule has 224 valence electrons. The Kier molecular flexibility index (Phi) is 13.0. The lowest BCUT2D eigenvalue weighted by Crippen LogP contribution is -2.07. The van der Waals surface area contributed by atoms with Crippen LogP contribution in [0.15, 0.2) is 85.0 Å². The number of benzene rings is 2. The van der Waals surface area contributed by atoms with Gasteiger partial charge in [0.05, 0.1) is 26.4 Å². The number of aliphatic hydroxyl groups is 2. The number of rotatable bonds is 15. The monoisotopic (exact) mass is 580 g/mol. The largest absolute Gasteiger partial charge is 0.493 e. The van der Waals surface area contributed by atoms with Gasteiger partial charge in [-0.25, -0.2) is 0 Å². The normalized spacial score (nSPS) is 14.5. The lowest BCUT2D eigenvalue weighted by atomic mass is 9.89. The summed E-state index contributed by atoms with van der Waals surface area (Å²) >= 11 is 0. The van der Waals surface area contributed by atoms with E-state index in [0.29, 0.717) is 60.7 Å². The van der Waals surface area contributed by atoms with Crippen molar-refractivity contribution in [1.29, 1.82) is 0 Å². The van der Waals surface area contributed by atoms with Gasteiger partial charge in [0.25, 0.3) is 0 Å². The molecule has 0 heterocycles. The minimum absolute atomic E-state index is 0.0841. The van der Waals surface area contributed by atoms with Gasteiger partial charge >= 0.3 is 6.18 Å². The SMILES string of the molecule is C=C(CO)CCOc1cc(C#Cc2ccc(C3=CCC(CCCCC(F)(F)F)C=C3)cc2)cc(OCCC(=C)CO)c1. The molecule has 0 fully saturated rings. The van der Waals surface area contributed by atoms with Crippen molar-refractivity contribution < 1.29 is 32.9 Å². The zero-order valence-electron chi connectivity index (χ0n) is 23.9. The van der Waals surface area contributed by atoms with Crippen LogP contribution in [0.4, 0.5) is 13.2 Å². The molecule has 7 heteroatoms. The van der Waals surface area contributed by atoms with Gasteiger partial charge in [0, 0.05) is 36.5 Å². The third-order valence-corrected chi connectivity index (χ3v) is 6.82. The Morgan fingerprint density at radius 1 is 0.857 bits per heavy atom. The molecule has 3 rings (SSSR count). The van der Waals surface area contributed by atoms with Crippen LogP contribution in [0.2, 0.25) is 0 Å². The Morgan fingerprint density at radius 2 is 1.45 bits per heavy atom. The first-order valence-electron chi connectivity index (χ1n) is 14.2. The van der Waals surface area contributed by atoms with E-state index in [1.807, 2.05) is 36.4 Å². The summed E-state index contributed by atoms with van der Waals surface area (Å²) in [4.78, 5) is 0. The second-order valence-corrected chi connectivity index (χ2v) is 10.4. The van der Waals surface area contributed by atoms with Crippen LogP contribution in [-0.4, -0.2) is 42.8 Å². The van der Waals surface area contributed by atoms with Gasteiger partial charge in [-0.3, -0.25) is 0 Å². The van der Waals surface area contributed by atoms with Gasteiger partial charge in [-0.05, 0) is 71.7 Å². The van der Waals surface area contributed by atoms with E-state index in [0.717, 1.165) is 29.5 Å². The number of alkyl halides is 3. The lowest BCUT2D eigenvalue weighted by Gasteiger charge is -2.16. The average molecular weight is 581 g/mol. The zero-order valence-corrected chi connectivity index (χ0v) is 23.9. The predicted octanol–water partition coefficient (Wildman–Crippen LogP) is 7.80. The van der Waals surface area contributed by atoms with Crippen LogP contribution >= 0.6 is 0 Å². The summed E-state index contributed by atoms with van der Waals surface area (Å²) in [6.45, 7) is 8.12. The number of hydrogen-bond acceptors (Lipinski definition) is 4. The van der Waals surface area contributed by atoms with Crippen molar-refractivity contribution in [2.24, 2.45) is 5.92 Å². The van der Waals surface area contributed by atoms with Crippen molar-refractivity contribution in [3.05, 3.63) is 102 Å². The highest BCUT2D eigenvalue weighted by atomic mass is 19.4. The molecular formula is C35H39F3O4. The minimum atomic E-state index is -4.07. The van der Waals surface area contributed by atoms with Crippen LogP contribution in [0.1, 0.15) is 61.6 Å². The Morgan fingerprint density at radius 3 is 1.98 bits per heavy atom. The van der Waals surface area contributed by atoms with Crippen LogP contribution in [0.3, 0.4) is 0 Å². The molecule has 1 aliphatic carbocycles. The van der Waals surface area contributed by atoms with Gasteiger partial charge in [-0.1, -0.05) is 61.8 Å². The van der Waals surface area contributed by atoms with E-state index in [9.17, 15) is 13.2 Å². The van der Waals surface area contributed by atoms with E-state index in [-0.39, 0.29) is 25.6 Å². The van der Waals surface area contributed by atoms with Crippen molar-refractivity contribution in [3.8, 4) is 23.3 Å². The van der Waals surface area contributed by atoms with Crippen LogP contribution in [0.25, 0.3) is 5.57 Å². The van der Waals surface area contributed by atoms with Crippen LogP contribution < -0.4 is 9.47 Å². The summed E-state index contributed by atoms with van der Waals surface area (Å²) in [6.07, 6.45) is 4.92. The highest BCUT2D eigenvalue weighted by molar-refractivity contribution is 5.75. The summed E-state index contributed by atoms with van der Waals surface area (Å²) < 4.78 is 48.7. The molecule has 2 aromatic rings.